The molecule has 1 aromatic rings. The molecule has 5 heteroatoms. The molecule has 0 aliphatic carbocycles. The predicted molar refractivity (Wildman–Crippen MR) is 62.2 cm³/mol. The van der Waals surface area contributed by atoms with Gasteiger partial charge in [0.05, 0.1) is 0 Å². The summed E-state index contributed by atoms with van der Waals surface area (Å²) in [5.41, 5.74) is 1.25. The van der Waals surface area contributed by atoms with Crippen molar-refractivity contribution in [2.75, 3.05) is 0 Å². The second-order valence-corrected chi connectivity index (χ2v) is 3.62. The lowest BCUT2D eigenvalue weighted by atomic mass is 10.1. The number of carbonyl (C=O) groups excluding carboxylic acids is 3. The zero-order valence-corrected chi connectivity index (χ0v) is 9.69. The van der Waals surface area contributed by atoms with E-state index in [1.807, 2.05) is 0 Å². The number of nitrogens with one attached hydrogen (secondary N) is 2. The predicted octanol–water partition coefficient (Wildman–Crippen LogP) is 0.770. The zero-order valence-electron chi connectivity index (χ0n) is 9.69. The molecule has 0 fully saturated rings. The molecule has 2 amide bonds. The maximum atomic E-state index is 11.0. The number of hydrogen-bond acceptors (Lipinski definition) is 3. The molecule has 0 atom stereocenters. The van der Waals surface area contributed by atoms with Gasteiger partial charge in [-0.1, -0.05) is 24.3 Å². The molecular formula is C12H14N2O3. The van der Waals surface area contributed by atoms with Gasteiger partial charge < -0.3 is 10.6 Å². The van der Waals surface area contributed by atoms with Crippen molar-refractivity contribution in [1.82, 2.24) is 10.6 Å². The fraction of sp³-hybridized carbons (Fsp3) is 0.250. The summed E-state index contributed by atoms with van der Waals surface area (Å²) >= 11 is 0. The van der Waals surface area contributed by atoms with Crippen molar-refractivity contribution in [3.63, 3.8) is 0 Å². The summed E-state index contributed by atoms with van der Waals surface area (Å²) in [6, 6.07) is 6.61. The average molecular weight is 234 g/mol. The number of rotatable bonds is 4. The maximum Gasteiger partial charge on any atom is 0.218 e. The first kappa shape index (κ1) is 12.9. The third kappa shape index (κ3) is 4.06. The fourth-order valence-corrected chi connectivity index (χ4v) is 1.38. The first-order chi connectivity index (χ1) is 8.02. The van der Waals surface area contributed by atoms with Crippen LogP contribution in [0.1, 0.15) is 35.9 Å². The van der Waals surface area contributed by atoms with E-state index in [-0.39, 0.29) is 11.8 Å². The van der Waals surface area contributed by atoms with Crippen LogP contribution in [0.2, 0.25) is 0 Å². The van der Waals surface area contributed by atoms with Gasteiger partial charge in [-0.25, -0.2) is 0 Å². The molecule has 2 N–H and O–H groups in total. The highest BCUT2D eigenvalue weighted by Crippen LogP contribution is 2.11. The number of hydrogen-bond donors (Lipinski definition) is 2. The number of benzene rings is 1. The third-order valence-corrected chi connectivity index (χ3v) is 2.10. The minimum absolute atomic E-state index is 0.247. The van der Waals surface area contributed by atoms with E-state index >= 15 is 0 Å². The Hall–Kier alpha value is -2.17. The minimum atomic E-state index is -0.578. The molecule has 0 saturated heterocycles. The van der Waals surface area contributed by atoms with Gasteiger partial charge in [-0.05, 0) is 5.56 Å². The Labute approximate surface area is 99.2 Å². The van der Waals surface area contributed by atoms with E-state index in [0.29, 0.717) is 11.1 Å². The Balaban J connectivity index is 2.90. The van der Waals surface area contributed by atoms with Gasteiger partial charge in [0.25, 0.3) is 0 Å². The van der Waals surface area contributed by atoms with E-state index < -0.39 is 6.17 Å². The molecule has 0 saturated carbocycles. The van der Waals surface area contributed by atoms with Gasteiger partial charge in [0.2, 0.25) is 11.8 Å². The van der Waals surface area contributed by atoms with Crippen LogP contribution in [0.4, 0.5) is 0 Å². The summed E-state index contributed by atoms with van der Waals surface area (Å²) in [6.45, 7) is 2.74. The van der Waals surface area contributed by atoms with Crippen LogP contribution >= 0.6 is 0 Å². The van der Waals surface area contributed by atoms with Crippen molar-refractivity contribution in [3.8, 4) is 0 Å². The van der Waals surface area contributed by atoms with Crippen LogP contribution in [0, 0.1) is 0 Å². The standard InChI is InChI=1S/C12H14N2O3/c1-8(16)13-12(14-9(2)17)11-5-3-10(7-15)4-6-11/h3-7,12H,1-2H3,(H,13,16)(H,14,17). The van der Waals surface area contributed by atoms with Crippen molar-refractivity contribution < 1.29 is 14.4 Å². The Morgan fingerprint density at radius 2 is 1.53 bits per heavy atom. The number of aldehydes is 1. The summed E-state index contributed by atoms with van der Waals surface area (Å²) in [7, 11) is 0. The summed E-state index contributed by atoms with van der Waals surface area (Å²) in [6.07, 6.45) is 0.154. The molecular weight excluding hydrogens is 220 g/mol. The van der Waals surface area contributed by atoms with E-state index in [1.54, 1.807) is 24.3 Å². The zero-order chi connectivity index (χ0) is 12.8. The topological polar surface area (TPSA) is 75.3 Å². The molecule has 0 spiro atoms. The molecule has 1 aromatic carbocycles. The molecule has 5 nitrogen and oxygen atoms in total. The molecule has 0 heterocycles. The summed E-state index contributed by atoms with van der Waals surface area (Å²) in [5, 5.41) is 5.21. The van der Waals surface area contributed by atoms with E-state index in [4.69, 9.17) is 0 Å². The molecule has 0 radical (unpaired) electrons. The highest BCUT2D eigenvalue weighted by Gasteiger charge is 2.13. The average Bonchev–Trinajstić information content (AvgIpc) is 2.27. The number of amides is 2. The van der Waals surface area contributed by atoms with Crippen LogP contribution in [-0.4, -0.2) is 18.1 Å². The molecule has 90 valence electrons. The first-order valence-corrected chi connectivity index (χ1v) is 5.12. The monoisotopic (exact) mass is 234 g/mol. The molecule has 0 aromatic heterocycles. The van der Waals surface area contributed by atoms with Gasteiger partial charge in [0.15, 0.2) is 0 Å². The van der Waals surface area contributed by atoms with Gasteiger partial charge in [-0.3, -0.25) is 14.4 Å². The van der Waals surface area contributed by atoms with Gasteiger partial charge in [0, 0.05) is 19.4 Å². The van der Waals surface area contributed by atoms with Crippen LogP contribution in [-0.2, 0) is 9.59 Å². The van der Waals surface area contributed by atoms with Crippen molar-refractivity contribution in [1.29, 1.82) is 0 Å². The molecule has 0 aliphatic rings. The lowest BCUT2D eigenvalue weighted by molar-refractivity contribution is -0.122. The van der Waals surface area contributed by atoms with Crippen LogP contribution in [0.3, 0.4) is 0 Å². The second kappa shape index (κ2) is 5.79. The first-order valence-electron chi connectivity index (χ1n) is 5.12. The van der Waals surface area contributed by atoms with Crippen LogP contribution < -0.4 is 10.6 Å². The molecule has 0 unspecified atom stereocenters. The Kier molecular flexibility index (Phi) is 4.39. The lowest BCUT2D eigenvalue weighted by Crippen LogP contribution is -2.39. The smallest absolute Gasteiger partial charge is 0.218 e. The SMILES string of the molecule is CC(=O)NC(NC(C)=O)c1ccc(C=O)cc1. The summed E-state index contributed by atoms with van der Waals surface area (Å²) in [5.74, 6) is -0.494. The quantitative estimate of drug-likeness (QED) is 0.597. The fourth-order valence-electron chi connectivity index (χ4n) is 1.38. The van der Waals surface area contributed by atoms with Gasteiger partial charge in [-0.2, -0.15) is 0 Å². The van der Waals surface area contributed by atoms with Crippen LogP contribution in [0.25, 0.3) is 0 Å². The summed E-state index contributed by atoms with van der Waals surface area (Å²) in [4.78, 5) is 32.5. The van der Waals surface area contributed by atoms with Crippen LogP contribution in [0.5, 0.6) is 0 Å². The Morgan fingerprint density at radius 1 is 1.06 bits per heavy atom. The van der Waals surface area contributed by atoms with Crippen molar-refractivity contribution in [2.24, 2.45) is 0 Å². The van der Waals surface area contributed by atoms with Crippen molar-refractivity contribution in [2.45, 2.75) is 20.0 Å². The van der Waals surface area contributed by atoms with Gasteiger partial charge in [-0.15, -0.1) is 0 Å². The highest BCUT2D eigenvalue weighted by atomic mass is 16.2. The molecule has 0 aliphatic heterocycles. The van der Waals surface area contributed by atoms with E-state index in [0.717, 1.165) is 6.29 Å². The Morgan fingerprint density at radius 3 is 1.88 bits per heavy atom. The molecule has 17 heavy (non-hydrogen) atoms. The van der Waals surface area contributed by atoms with E-state index in [2.05, 4.69) is 10.6 Å². The summed E-state index contributed by atoms with van der Waals surface area (Å²) < 4.78 is 0. The largest absolute Gasteiger partial charge is 0.332 e. The van der Waals surface area contributed by atoms with Gasteiger partial charge in [0.1, 0.15) is 12.5 Å². The number of carbonyl (C=O) groups is 3. The minimum Gasteiger partial charge on any atom is -0.332 e. The van der Waals surface area contributed by atoms with Crippen molar-refractivity contribution >= 4 is 18.1 Å². The van der Waals surface area contributed by atoms with Gasteiger partial charge >= 0.3 is 0 Å². The van der Waals surface area contributed by atoms with Crippen LogP contribution in [0.15, 0.2) is 24.3 Å². The maximum absolute atomic E-state index is 11.0. The normalized spacial score (nSPS) is 9.82. The highest BCUT2D eigenvalue weighted by molar-refractivity contribution is 5.77. The second-order valence-electron chi connectivity index (χ2n) is 3.62. The lowest BCUT2D eigenvalue weighted by Gasteiger charge is -2.19. The molecule has 0 bridgehead atoms. The third-order valence-electron chi connectivity index (χ3n) is 2.10. The van der Waals surface area contributed by atoms with Crippen molar-refractivity contribution in [3.05, 3.63) is 35.4 Å². The molecule has 1 rings (SSSR count). The Bertz CT molecular complexity index is 410. The van der Waals surface area contributed by atoms with E-state index in [1.165, 1.54) is 13.8 Å². The van der Waals surface area contributed by atoms with E-state index in [9.17, 15) is 14.4 Å².